The van der Waals surface area contributed by atoms with Crippen molar-refractivity contribution in [1.82, 2.24) is 0 Å². The highest BCUT2D eigenvalue weighted by atomic mass is 79.9. The minimum Gasteiger partial charge on any atom is -0.383 e. The molecule has 0 bridgehead atoms. The third-order valence-corrected chi connectivity index (χ3v) is 2.71. The zero-order chi connectivity index (χ0) is 9.26. The van der Waals surface area contributed by atoms with Crippen LogP contribution in [-0.2, 0) is 0 Å². The van der Waals surface area contributed by atoms with E-state index in [1.807, 2.05) is 24.3 Å². The van der Waals surface area contributed by atoms with E-state index >= 15 is 0 Å². The van der Waals surface area contributed by atoms with Gasteiger partial charge in [-0.1, -0.05) is 34.1 Å². The summed E-state index contributed by atoms with van der Waals surface area (Å²) in [5.41, 5.74) is 6.85. The molecule has 0 radical (unpaired) electrons. The maximum atomic E-state index is 5.86. The van der Waals surface area contributed by atoms with Gasteiger partial charge in [0, 0.05) is 10.0 Å². The lowest BCUT2D eigenvalue weighted by molar-refractivity contribution is 1.06. The highest BCUT2D eigenvalue weighted by Gasteiger charge is 2.20. The number of benzene rings is 1. The Labute approximate surface area is 86.0 Å². The van der Waals surface area contributed by atoms with E-state index in [1.54, 1.807) is 0 Å². The lowest BCUT2D eigenvalue weighted by Crippen LogP contribution is -2.14. The molecule has 68 valence electrons. The first-order valence-electron chi connectivity index (χ1n) is 4.35. The summed E-state index contributed by atoms with van der Waals surface area (Å²) in [6.07, 6.45) is 2.37. The molecule has 1 saturated carbocycles. The van der Waals surface area contributed by atoms with E-state index in [0.29, 0.717) is 11.9 Å². The van der Waals surface area contributed by atoms with Crippen molar-refractivity contribution < 1.29 is 0 Å². The third kappa shape index (κ3) is 2.10. The molecule has 0 aliphatic heterocycles. The van der Waals surface area contributed by atoms with Gasteiger partial charge in [-0.15, -0.1) is 0 Å². The van der Waals surface area contributed by atoms with Gasteiger partial charge in [-0.2, -0.15) is 0 Å². The van der Waals surface area contributed by atoms with E-state index < -0.39 is 0 Å². The van der Waals surface area contributed by atoms with Crippen LogP contribution in [0.15, 0.2) is 33.7 Å². The summed E-state index contributed by atoms with van der Waals surface area (Å²) in [5.74, 6) is 0.648. The Balaban J connectivity index is 2.28. The van der Waals surface area contributed by atoms with Crippen molar-refractivity contribution in [3.05, 3.63) is 34.3 Å². The molecule has 0 unspecified atom stereocenters. The van der Waals surface area contributed by atoms with Crippen LogP contribution in [0.25, 0.3) is 0 Å². The monoisotopic (exact) mass is 238 g/mol. The average molecular weight is 239 g/mol. The molecule has 1 aromatic carbocycles. The molecule has 0 saturated heterocycles. The van der Waals surface area contributed by atoms with Crippen LogP contribution in [0.2, 0.25) is 0 Å². The number of aliphatic imine (C=N–C) groups is 1. The molecule has 13 heavy (non-hydrogen) atoms. The zero-order valence-corrected chi connectivity index (χ0v) is 8.79. The second-order valence-corrected chi connectivity index (χ2v) is 4.08. The molecule has 3 heteroatoms. The first kappa shape index (κ1) is 8.75. The Kier molecular flexibility index (Phi) is 2.36. The fraction of sp³-hybridized carbons (Fsp3) is 0.300. The van der Waals surface area contributed by atoms with Crippen molar-refractivity contribution in [2.75, 3.05) is 0 Å². The molecule has 0 atom stereocenters. The van der Waals surface area contributed by atoms with Crippen LogP contribution in [-0.4, -0.2) is 11.9 Å². The number of amidine groups is 1. The SMILES string of the molecule is NC(=NC1CC1)c1ccccc1Br. The van der Waals surface area contributed by atoms with E-state index in [2.05, 4.69) is 20.9 Å². The maximum Gasteiger partial charge on any atom is 0.127 e. The highest BCUT2D eigenvalue weighted by molar-refractivity contribution is 9.10. The topological polar surface area (TPSA) is 38.4 Å². The highest BCUT2D eigenvalue weighted by Crippen LogP contribution is 2.25. The number of rotatable bonds is 2. The van der Waals surface area contributed by atoms with Gasteiger partial charge in [-0.3, -0.25) is 4.99 Å². The van der Waals surface area contributed by atoms with E-state index in [4.69, 9.17) is 5.73 Å². The number of hydrogen-bond donors (Lipinski definition) is 1. The fourth-order valence-electron chi connectivity index (χ4n) is 1.14. The first-order chi connectivity index (χ1) is 6.27. The molecule has 2 rings (SSSR count). The molecule has 1 aromatic rings. The maximum absolute atomic E-state index is 5.86. The minimum atomic E-state index is 0.479. The predicted molar refractivity (Wildman–Crippen MR) is 57.9 cm³/mol. The minimum absolute atomic E-state index is 0.479. The quantitative estimate of drug-likeness (QED) is 0.624. The Morgan fingerprint density at radius 3 is 2.69 bits per heavy atom. The van der Waals surface area contributed by atoms with E-state index in [-0.39, 0.29) is 0 Å². The molecule has 0 amide bonds. The van der Waals surface area contributed by atoms with Crippen LogP contribution < -0.4 is 5.73 Å². The molecule has 0 spiro atoms. The lowest BCUT2D eigenvalue weighted by atomic mass is 10.2. The number of nitrogens with zero attached hydrogens (tertiary/aromatic N) is 1. The second-order valence-electron chi connectivity index (χ2n) is 3.23. The standard InChI is InChI=1S/C10H11BrN2/c11-9-4-2-1-3-8(9)10(12)13-7-5-6-7/h1-4,7H,5-6H2,(H2,12,13). The Morgan fingerprint density at radius 2 is 2.08 bits per heavy atom. The molecule has 1 aliphatic carbocycles. The first-order valence-corrected chi connectivity index (χ1v) is 5.15. The third-order valence-electron chi connectivity index (χ3n) is 2.02. The smallest absolute Gasteiger partial charge is 0.127 e. The molecule has 1 aliphatic rings. The van der Waals surface area contributed by atoms with Crippen molar-refractivity contribution in [1.29, 1.82) is 0 Å². The molecule has 2 N–H and O–H groups in total. The Hall–Kier alpha value is -0.830. The Bertz CT molecular complexity index is 343. The van der Waals surface area contributed by atoms with Crippen LogP contribution >= 0.6 is 15.9 Å². The second kappa shape index (κ2) is 3.50. The van der Waals surface area contributed by atoms with Gasteiger partial charge in [0.15, 0.2) is 0 Å². The molecule has 0 aromatic heterocycles. The van der Waals surface area contributed by atoms with Gasteiger partial charge in [0.2, 0.25) is 0 Å². The molecule has 0 heterocycles. The summed E-state index contributed by atoms with van der Waals surface area (Å²) in [5, 5.41) is 0. The summed E-state index contributed by atoms with van der Waals surface area (Å²) >= 11 is 3.45. The van der Waals surface area contributed by atoms with Crippen LogP contribution in [0.3, 0.4) is 0 Å². The number of hydrogen-bond acceptors (Lipinski definition) is 1. The molecular weight excluding hydrogens is 228 g/mol. The van der Waals surface area contributed by atoms with Crippen molar-refractivity contribution >= 4 is 21.8 Å². The van der Waals surface area contributed by atoms with E-state index in [0.717, 1.165) is 10.0 Å². The normalized spacial score (nSPS) is 17.5. The van der Waals surface area contributed by atoms with Gasteiger partial charge >= 0.3 is 0 Å². The van der Waals surface area contributed by atoms with Crippen LogP contribution in [0, 0.1) is 0 Å². The van der Waals surface area contributed by atoms with Crippen LogP contribution in [0.5, 0.6) is 0 Å². The summed E-state index contributed by atoms with van der Waals surface area (Å²) < 4.78 is 1.01. The van der Waals surface area contributed by atoms with E-state index in [1.165, 1.54) is 12.8 Å². The summed E-state index contributed by atoms with van der Waals surface area (Å²) in [4.78, 5) is 4.38. The predicted octanol–water partition coefficient (Wildman–Crippen LogP) is 2.32. The van der Waals surface area contributed by atoms with Gasteiger partial charge in [0.25, 0.3) is 0 Å². The van der Waals surface area contributed by atoms with Gasteiger partial charge in [-0.05, 0) is 18.9 Å². The van der Waals surface area contributed by atoms with Gasteiger partial charge < -0.3 is 5.73 Å². The lowest BCUT2D eigenvalue weighted by Gasteiger charge is -2.02. The van der Waals surface area contributed by atoms with Crippen LogP contribution in [0.1, 0.15) is 18.4 Å². The van der Waals surface area contributed by atoms with E-state index in [9.17, 15) is 0 Å². The average Bonchev–Trinajstić information content (AvgIpc) is 2.89. The number of halogens is 1. The summed E-state index contributed by atoms with van der Waals surface area (Å²) in [7, 11) is 0. The van der Waals surface area contributed by atoms with Crippen molar-refractivity contribution in [2.24, 2.45) is 10.7 Å². The Morgan fingerprint density at radius 1 is 1.38 bits per heavy atom. The largest absolute Gasteiger partial charge is 0.383 e. The van der Waals surface area contributed by atoms with Crippen LogP contribution in [0.4, 0.5) is 0 Å². The number of nitrogens with two attached hydrogens (primary N) is 1. The van der Waals surface area contributed by atoms with Crippen molar-refractivity contribution in [2.45, 2.75) is 18.9 Å². The zero-order valence-electron chi connectivity index (χ0n) is 7.20. The fourth-order valence-corrected chi connectivity index (χ4v) is 1.63. The van der Waals surface area contributed by atoms with Gasteiger partial charge in [-0.25, -0.2) is 0 Å². The van der Waals surface area contributed by atoms with Gasteiger partial charge in [0.1, 0.15) is 5.84 Å². The van der Waals surface area contributed by atoms with Crippen molar-refractivity contribution in [3.63, 3.8) is 0 Å². The van der Waals surface area contributed by atoms with Crippen molar-refractivity contribution in [3.8, 4) is 0 Å². The summed E-state index contributed by atoms with van der Waals surface area (Å²) in [6.45, 7) is 0. The molecule has 2 nitrogen and oxygen atoms in total. The molecule has 1 fully saturated rings. The summed E-state index contributed by atoms with van der Waals surface area (Å²) in [6, 6.07) is 8.37. The molecular formula is C10H11BrN2. The van der Waals surface area contributed by atoms with Gasteiger partial charge in [0.05, 0.1) is 6.04 Å².